The maximum atomic E-state index is 9.01. The second-order valence-electron chi connectivity index (χ2n) is 3.43. The molecule has 0 aliphatic heterocycles. The molecule has 0 heterocycles. The van der Waals surface area contributed by atoms with Crippen LogP contribution in [-0.2, 0) is 6.61 Å². The van der Waals surface area contributed by atoms with E-state index in [0.717, 1.165) is 28.8 Å². The van der Waals surface area contributed by atoms with Gasteiger partial charge in [-0.15, -0.1) is 0 Å². The Morgan fingerprint density at radius 3 is 2.75 bits per heavy atom. The zero-order valence-electron chi connectivity index (χ0n) is 9.28. The number of anilines is 1. The average molecular weight is 283 g/mol. The van der Waals surface area contributed by atoms with E-state index >= 15 is 0 Å². The van der Waals surface area contributed by atoms with E-state index in [9.17, 15) is 0 Å². The van der Waals surface area contributed by atoms with E-state index in [4.69, 9.17) is 10.4 Å². The molecule has 0 amide bonds. The summed E-state index contributed by atoms with van der Waals surface area (Å²) in [6.07, 6.45) is 0.516. The Bertz CT molecular complexity index is 387. The number of hydrogen-bond donors (Lipinski definition) is 1. The molecule has 0 fully saturated rings. The van der Waals surface area contributed by atoms with Crippen molar-refractivity contribution in [1.82, 2.24) is 0 Å². The van der Waals surface area contributed by atoms with Gasteiger partial charge in [-0.1, -0.05) is 6.07 Å². The summed E-state index contributed by atoms with van der Waals surface area (Å²) >= 11 is 3.49. The van der Waals surface area contributed by atoms with Gasteiger partial charge in [0.1, 0.15) is 0 Å². The van der Waals surface area contributed by atoms with Gasteiger partial charge in [0.15, 0.2) is 0 Å². The second-order valence-corrected chi connectivity index (χ2v) is 4.29. The van der Waals surface area contributed by atoms with E-state index in [-0.39, 0.29) is 6.61 Å². The van der Waals surface area contributed by atoms with E-state index < -0.39 is 0 Å². The lowest BCUT2D eigenvalue weighted by Crippen LogP contribution is -2.24. The van der Waals surface area contributed by atoms with E-state index in [1.165, 1.54) is 0 Å². The Labute approximate surface area is 104 Å². The van der Waals surface area contributed by atoms with Gasteiger partial charge in [0.2, 0.25) is 0 Å². The molecule has 16 heavy (non-hydrogen) atoms. The van der Waals surface area contributed by atoms with Crippen molar-refractivity contribution in [2.24, 2.45) is 0 Å². The fraction of sp³-hybridized carbons (Fsp3) is 0.417. The topological polar surface area (TPSA) is 47.3 Å². The third-order valence-corrected chi connectivity index (χ3v) is 3.05. The lowest BCUT2D eigenvalue weighted by molar-refractivity contribution is 0.282. The standard InChI is InChI=1S/C12H15BrN2O/c1-2-15(7-3-6-14)12-5-4-10(9-16)8-11(12)13/h4-5,8,16H,2-3,7,9H2,1H3. The van der Waals surface area contributed by atoms with Gasteiger partial charge in [-0.2, -0.15) is 5.26 Å². The minimum atomic E-state index is 0.0448. The molecule has 1 aromatic carbocycles. The van der Waals surface area contributed by atoms with E-state index in [2.05, 4.69) is 33.8 Å². The third-order valence-electron chi connectivity index (χ3n) is 2.41. The van der Waals surface area contributed by atoms with Crippen LogP contribution in [0.5, 0.6) is 0 Å². The highest BCUT2D eigenvalue weighted by Crippen LogP contribution is 2.27. The zero-order chi connectivity index (χ0) is 12.0. The van der Waals surface area contributed by atoms with Crippen molar-refractivity contribution >= 4 is 21.6 Å². The highest BCUT2D eigenvalue weighted by Gasteiger charge is 2.08. The van der Waals surface area contributed by atoms with Gasteiger partial charge >= 0.3 is 0 Å². The summed E-state index contributed by atoms with van der Waals surface area (Å²) in [6.45, 7) is 3.69. The smallest absolute Gasteiger partial charge is 0.0682 e. The van der Waals surface area contributed by atoms with Gasteiger partial charge < -0.3 is 10.0 Å². The molecule has 0 saturated heterocycles. The summed E-state index contributed by atoms with van der Waals surface area (Å²) in [5, 5.41) is 17.6. The van der Waals surface area contributed by atoms with Crippen molar-refractivity contribution in [2.75, 3.05) is 18.0 Å². The predicted octanol–water partition coefficient (Wildman–Crippen LogP) is 2.68. The lowest BCUT2D eigenvalue weighted by Gasteiger charge is -2.23. The first-order chi connectivity index (χ1) is 7.72. The summed E-state index contributed by atoms with van der Waals surface area (Å²) in [7, 11) is 0. The van der Waals surface area contributed by atoms with Crippen LogP contribution < -0.4 is 4.90 Å². The van der Waals surface area contributed by atoms with Crippen LogP contribution >= 0.6 is 15.9 Å². The van der Waals surface area contributed by atoms with Crippen molar-refractivity contribution in [3.05, 3.63) is 28.2 Å². The predicted molar refractivity (Wildman–Crippen MR) is 68.2 cm³/mol. The minimum absolute atomic E-state index is 0.0448. The van der Waals surface area contributed by atoms with E-state index in [1.54, 1.807) is 0 Å². The van der Waals surface area contributed by atoms with Crippen LogP contribution in [0.3, 0.4) is 0 Å². The molecule has 0 aliphatic rings. The number of hydrogen-bond acceptors (Lipinski definition) is 3. The first-order valence-electron chi connectivity index (χ1n) is 5.24. The summed E-state index contributed by atoms with van der Waals surface area (Å²) in [4.78, 5) is 2.13. The van der Waals surface area contributed by atoms with Crippen LogP contribution in [0, 0.1) is 11.3 Å². The van der Waals surface area contributed by atoms with Gasteiger partial charge in [-0.25, -0.2) is 0 Å². The number of nitrogens with zero attached hydrogens (tertiary/aromatic N) is 2. The van der Waals surface area contributed by atoms with Crippen molar-refractivity contribution in [3.8, 4) is 6.07 Å². The van der Waals surface area contributed by atoms with Crippen molar-refractivity contribution in [3.63, 3.8) is 0 Å². The lowest BCUT2D eigenvalue weighted by atomic mass is 10.2. The van der Waals surface area contributed by atoms with Gasteiger partial charge in [0.25, 0.3) is 0 Å². The monoisotopic (exact) mass is 282 g/mol. The van der Waals surface area contributed by atoms with Crippen LogP contribution in [0.2, 0.25) is 0 Å². The minimum Gasteiger partial charge on any atom is -0.392 e. The summed E-state index contributed by atoms with van der Waals surface area (Å²) in [6, 6.07) is 7.92. The summed E-state index contributed by atoms with van der Waals surface area (Å²) in [5.41, 5.74) is 1.95. The van der Waals surface area contributed by atoms with Gasteiger partial charge in [0, 0.05) is 17.6 Å². The van der Waals surface area contributed by atoms with E-state index in [1.807, 2.05) is 18.2 Å². The molecule has 3 nitrogen and oxygen atoms in total. The van der Waals surface area contributed by atoms with Crippen LogP contribution in [-0.4, -0.2) is 18.2 Å². The molecule has 0 spiro atoms. The molecule has 0 aromatic heterocycles. The molecule has 0 bridgehead atoms. The fourth-order valence-electron chi connectivity index (χ4n) is 1.54. The Kier molecular flexibility index (Phi) is 5.30. The molecule has 86 valence electrons. The molecule has 1 N–H and O–H groups in total. The maximum Gasteiger partial charge on any atom is 0.0682 e. The average Bonchev–Trinajstić information content (AvgIpc) is 2.31. The molecule has 0 radical (unpaired) electrons. The largest absolute Gasteiger partial charge is 0.392 e. The number of halogens is 1. The molecule has 0 saturated carbocycles. The molecular formula is C12H15BrN2O. The van der Waals surface area contributed by atoms with Gasteiger partial charge in [0.05, 0.1) is 24.8 Å². The Morgan fingerprint density at radius 1 is 1.50 bits per heavy atom. The number of nitriles is 1. The molecule has 4 heteroatoms. The Morgan fingerprint density at radius 2 is 2.25 bits per heavy atom. The highest BCUT2D eigenvalue weighted by atomic mass is 79.9. The first kappa shape index (κ1) is 13.0. The quantitative estimate of drug-likeness (QED) is 0.903. The Hall–Kier alpha value is -1.05. The molecule has 1 rings (SSSR count). The van der Waals surface area contributed by atoms with Crippen molar-refractivity contribution < 1.29 is 5.11 Å². The number of benzene rings is 1. The molecular weight excluding hydrogens is 268 g/mol. The first-order valence-corrected chi connectivity index (χ1v) is 6.03. The maximum absolute atomic E-state index is 9.01. The number of aliphatic hydroxyl groups excluding tert-OH is 1. The van der Waals surface area contributed by atoms with Crippen molar-refractivity contribution in [2.45, 2.75) is 20.0 Å². The van der Waals surface area contributed by atoms with E-state index in [0.29, 0.717) is 6.42 Å². The molecule has 1 aromatic rings. The van der Waals surface area contributed by atoms with Gasteiger partial charge in [-0.05, 0) is 40.5 Å². The summed E-state index contributed by atoms with van der Waals surface area (Å²) < 4.78 is 0.957. The van der Waals surface area contributed by atoms with Crippen molar-refractivity contribution in [1.29, 1.82) is 5.26 Å². The van der Waals surface area contributed by atoms with Crippen LogP contribution in [0.4, 0.5) is 5.69 Å². The summed E-state index contributed by atoms with van der Waals surface area (Å²) in [5.74, 6) is 0. The highest BCUT2D eigenvalue weighted by molar-refractivity contribution is 9.10. The Balaban J connectivity index is 2.88. The number of rotatable bonds is 5. The van der Waals surface area contributed by atoms with Crippen LogP contribution in [0.25, 0.3) is 0 Å². The van der Waals surface area contributed by atoms with Crippen LogP contribution in [0.1, 0.15) is 18.9 Å². The molecule has 0 aliphatic carbocycles. The SMILES string of the molecule is CCN(CCC#N)c1ccc(CO)cc1Br. The van der Waals surface area contributed by atoms with Gasteiger partial charge in [-0.3, -0.25) is 0 Å². The van der Waals surface area contributed by atoms with Crippen LogP contribution in [0.15, 0.2) is 22.7 Å². The third kappa shape index (κ3) is 3.22. The second kappa shape index (κ2) is 6.51. The normalized spacial score (nSPS) is 9.88. The molecule has 0 unspecified atom stereocenters. The fourth-order valence-corrected chi connectivity index (χ4v) is 2.22. The molecule has 0 atom stereocenters. The zero-order valence-corrected chi connectivity index (χ0v) is 10.9. The number of aliphatic hydroxyl groups is 1.